The van der Waals surface area contributed by atoms with Crippen LogP contribution in [0.3, 0.4) is 0 Å². The van der Waals surface area contributed by atoms with Gasteiger partial charge < -0.3 is 19.9 Å². The number of ether oxygens (including phenoxy) is 1. The minimum atomic E-state index is -4.49. The predicted octanol–water partition coefficient (Wildman–Crippen LogP) is 4.60. The highest BCUT2D eigenvalue weighted by molar-refractivity contribution is 6.05. The second-order valence-electron chi connectivity index (χ2n) is 8.41. The number of piperazine rings is 1. The molecule has 0 unspecified atom stereocenters. The highest BCUT2D eigenvalue weighted by Gasteiger charge is 2.31. The first-order valence-electron chi connectivity index (χ1n) is 11.4. The number of aryl methyl sites for hydroxylation is 1. The van der Waals surface area contributed by atoms with E-state index >= 15 is 0 Å². The van der Waals surface area contributed by atoms with E-state index in [0.717, 1.165) is 56.1 Å². The molecule has 1 fully saturated rings. The summed E-state index contributed by atoms with van der Waals surface area (Å²) in [6.07, 6.45) is -3.10. The fourth-order valence-electron chi connectivity index (χ4n) is 4.11. The van der Waals surface area contributed by atoms with E-state index in [1.165, 1.54) is 30.1 Å². The first-order valence-corrected chi connectivity index (χ1v) is 11.4. The van der Waals surface area contributed by atoms with E-state index in [-0.39, 0.29) is 17.1 Å². The Hall–Kier alpha value is -3.53. The maximum absolute atomic E-state index is 13.1. The van der Waals surface area contributed by atoms with Gasteiger partial charge in [0.05, 0.1) is 24.6 Å². The van der Waals surface area contributed by atoms with Gasteiger partial charge in [-0.3, -0.25) is 4.79 Å². The molecule has 35 heavy (non-hydrogen) atoms. The molecule has 0 radical (unpaired) electrons. The van der Waals surface area contributed by atoms with Gasteiger partial charge in [-0.05, 0) is 55.4 Å². The maximum atomic E-state index is 13.1. The van der Waals surface area contributed by atoms with Gasteiger partial charge in [0.1, 0.15) is 0 Å². The molecule has 1 N–H and O–H groups in total. The lowest BCUT2D eigenvalue weighted by molar-refractivity contribution is -0.137. The Labute approximate surface area is 202 Å². The van der Waals surface area contributed by atoms with E-state index < -0.39 is 17.6 Å². The molecule has 0 spiro atoms. The molecule has 0 bridgehead atoms. The number of halogens is 3. The topological polar surface area (TPSA) is 62.6 Å². The number of carbonyl (C=O) groups is 1. The van der Waals surface area contributed by atoms with E-state index in [2.05, 4.69) is 27.1 Å². The molecule has 1 saturated heterocycles. The minimum absolute atomic E-state index is 0.0240. The van der Waals surface area contributed by atoms with Gasteiger partial charge in [-0.1, -0.05) is 13.0 Å². The summed E-state index contributed by atoms with van der Waals surface area (Å²) in [6.45, 7) is 9.05. The van der Waals surface area contributed by atoms with Crippen LogP contribution in [-0.2, 0) is 6.18 Å². The molecule has 2 heterocycles. The highest BCUT2D eigenvalue weighted by atomic mass is 19.4. The van der Waals surface area contributed by atoms with Crippen LogP contribution < -0.4 is 15.0 Å². The quantitative estimate of drug-likeness (QED) is 0.551. The Morgan fingerprint density at radius 3 is 2.46 bits per heavy atom. The second-order valence-corrected chi connectivity index (χ2v) is 8.41. The van der Waals surface area contributed by atoms with Crippen LogP contribution in [0.25, 0.3) is 5.69 Å². The van der Waals surface area contributed by atoms with Crippen molar-refractivity contribution >= 4 is 17.3 Å². The van der Waals surface area contributed by atoms with Crippen molar-refractivity contribution < 1.29 is 22.7 Å². The summed E-state index contributed by atoms with van der Waals surface area (Å²) in [5, 5.41) is 7.05. The molecule has 0 saturated carbocycles. The molecule has 3 aromatic rings. The average Bonchev–Trinajstić information content (AvgIpc) is 3.30. The van der Waals surface area contributed by atoms with Gasteiger partial charge in [0.15, 0.2) is 11.4 Å². The fourth-order valence-corrected chi connectivity index (χ4v) is 4.11. The summed E-state index contributed by atoms with van der Waals surface area (Å²) in [5.41, 5.74) is 1.96. The lowest BCUT2D eigenvalue weighted by atomic mass is 10.1. The highest BCUT2D eigenvalue weighted by Crippen LogP contribution is 2.31. The Kier molecular flexibility index (Phi) is 7.02. The fraction of sp³-hybridized carbons (Fsp3) is 0.360. The van der Waals surface area contributed by atoms with Crippen molar-refractivity contribution in [2.45, 2.75) is 20.0 Å². The molecule has 1 aliphatic rings. The number of nitrogens with zero attached hydrogens (tertiary/aromatic N) is 4. The third-order valence-electron chi connectivity index (χ3n) is 6.20. The zero-order valence-electron chi connectivity index (χ0n) is 19.9. The molecule has 2 aromatic carbocycles. The standard InChI is InChI=1S/C25H28F3N5O2/c1-4-31-10-12-32(13-11-31)19-8-9-21(17(2)14-19)29-24(34)23-22(35-3)16-33(30-23)20-7-5-6-18(15-20)25(26,27)28/h5-9,14-16H,4,10-13H2,1-3H3,(H,29,34). The molecule has 4 rings (SSSR count). The number of nitrogens with one attached hydrogen (secondary N) is 1. The number of likely N-dealkylation sites (N-methyl/N-ethyl adjacent to an activating group) is 1. The molecule has 0 atom stereocenters. The van der Waals surface area contributed by atoms with E-state index in [0.29, 0.717) is 5.69 Å². The van der Waals surface area contributed by atoms with E-state index in [1.807, 2.05) is 25.1 Å². The third kappa shape index (κ3) is 5.43. The summed E-state index contributed by atoms with van der Waals surface area (Å²) in [4.78, 5) is 17.7. The molecule has 1 aromatic heterocycles. The number of hydrogen-bond donors (Lipinski definition) is 1. The molecule has 1 amide bonds. The number of carbonyl (C=O) groups excluding carboxylic acids is 1. The average molecular weight is 488 g/mol. The van der Waals surface area contributed by atoms with Crippen LogP contribution >= 0.6 is 0 Å². The van der Waals surface area contributed by atoms with Crippen LogP contribution in [0.15, 0.2) is 48.7 Å². The number of rotatable bonds is 6. The summed E-state index contributed by atoms with van der Waals surface area (Å²) in [7, 11) is 1.38. The van der Waals surface area contributed by atoms with Gasteiger partial charge in [0.25, 0.3) is 5.91 Å². The van der Waals surface area contributed by atoms with Crippen LogP contribution in [0.5, 0.6) is 5.75 Å². The van der Waals surface area contributed by atoms with E-state index in [4.69, 9.17) is 4.74 Å². The molecule has 10 heteroatoms. The van der Waals surface area contributed by atoms with Crippen LogP contribution in [0.2, 0.25) is 0 Å². The van der Waals surface area contributed by atoms with E-state index in [9.17, 15) is 18.0 Å². The molecule has 0 aliphatic carbocycles. The van der Waals surface area contributed by atoms with Gasteiger partial charge in [-0.15, -0.1) is 0 Å². The van der Waals surface area contributed by atoms with Gasteiger partial charge in [-0.25, -0.2) is 4.68 Å². The van der Waals surface area contributed by atoms with Crippen LogP contribution in [-0.4, -0.2) is 60.4 Å². The van der Waals surface area contributed by atoms with Crippen molar-refractivity contribution in [3.63, 3.8) is 0 Å². The molecule has 1 aliphatic heterocycles. The monoisotopic (exact) mass is 487 g/mol. The van der Waals surface area contributed by atoms with Crippen LogP contribution in [0.1, 0.15) is 28.5 Å². The van der Waals surface area contributed by atoms with Crippen molar-refractivity contribution in [1.29, 1.82) is 0 Å². The molecule has 7 nitrogen and oxygen atoms in total. The Morgan fingerprint density at radius 1 is 1.09 bits per heavy atom. The number of amides is 1. The van der Waals surface area contributed by atoms with Gasteiger partial charge in [-0.2, -0.15) is 18.3 Å². The Balaban J connectivity index is 1.52. The normalized spacial score (nSPS) is 14.7. The van der Waals surface area contributed by atoms with E-state index in [1.54, 1.807) is 0 Å². The van der Waals surface area contributed by atoms with Crippen molar-refractivity contribution in [2.24, 2.45) is 0 Å². The predicted molar refractivity (Wildman–Crippen MR) is 129 cm³/mol. The number of aromatic nitrogens is 2. The lowest BCUT2D eigenvalue weighted by Crippen LogP contribution is -2.46. The zero-order valence-corrected chi connectivity index (χ0v) is 19.9. The molecular formula is C25H28F3N5O2. The number of methoxy groups -OCH3 is 1. The van der Waals surface area contributed by atoms with Gasteiger partial charge in [0, 0.05) is 37.6 Å². The number of alkyl halides is 3. The first-order chi connectivity index (χ1) is 16.7. The third-order valence-corrected chi connectivity index (χ3v) is 6.20. The summed E-state index contributed by atoms with van der Waals surface area (Å²) >= 11 is 0. The largest absolute Gasteiger partial charge is 0.493 e. The van der Waals surface area contributed by atoms with Gasteiger partial charge >= 0.3 is 6.18 Å². The SMILES string of the molecule is CCN1CCN(c2ccc(NC(=O)c3nn(-c4cccc(C(F)(F)F)c4)cc3OC)c(C)c2)CC1. The zero-order chi connectivity index (χ0) is 25.2. The smallest absolute Gasteiger partial charge is 0.416 e. The van der Waals surface area contributed by atoms with Crippen LogP contribution in [0.4, 0.5) is 24.5 Å². The first kappa shape index (κ1) is 24.6. The summed E-state index contributed by atoms with van der Waals surface area (Å²) < 4.78 is 45.8. The van der Waals surface area contributed by atoms with Gasteiger partial charge in [0.2, 0.25) is 0 Å². The second kappa shape index (κ2) is 9.99. The minimum Gasteiger partial charge on any atom is -0.493 e. The Morgan fingerprint density at radius 2 is 1.83 bits per heavy atom. The number of benzene rings is 2. The lowest BCUT2D eigenvalue weighted by Gasteiger charge is -2.35. The van der Waals surface area contributed by atoms with Crippen molar-refractivity contribution in [3.8, 4) is 11.4 Å². The molecular weight excluding hydrogens is 459 g/mol. The van der Waals surface area contributed by atoms with Crippen LogP contribution in [0, 0.1) is 6.92 Å². The summed E-state index contributed by atoms with van der Waals surface area (Å²) in [5.74, 6) is -0.358. The Bertz CT molecular complexity index is 1200. The van der Waals surface area contributed by atoms with Crippen molar-refractivity contribution in [2.75, 3.05) is 50.1 Å². The maximum Gasteiger partial charge on any atom is 0.416 e. The number of hydrogen-bond acceptors (Lipinski definition) is 5. The summed E-state index contributed by atoms with van der Waals surface area (Å²) in [6, 6.07) is 10.6. The van der Waals surface area contributed by atoms with Crippen molar-refractivity contribution in [1.82, 2.24) is 14.7 Å². The molecule has 186 valence electrons. The number of anilines is 2. The van der Waals surface area contributed by atoms with Crippen molar-refractivity contribution in [3.05, 3.63) is 65.5 Å².